The van der Waals surface area contributed by atoms with Crippen LogP contribution in [0.4, 0.5) is 0 Å². The van der Waals surface area contributed by atoms with Gasteiger partial charge in [0.1, 0.15) is 0 Å². The second kappa shape index (κ2) is 7.10. The molecule has 4 saturated carbocycles. The molecule has 4 aliphatic carbocycles. The Morgan fingerprint density at radius 3 is 2.48 bits per heavy atom. The van der Waals surface area contributed by atoms with Crippen LogP contribution in [0.25, 0.3) is 0 Å². The van der Waals surface area contributed by atoms with E-state index >= 15 is 0 Å². The molecule has 0 aromatic heterocycles. The average Bonchev–Trinajstić information content (AvgIpc) is 2.98. The number of rotatable bonds is 2. The molecule has 158 valence electrons. The van der Waals surface area contributed by atoms with E-state index in [9.17, 15) is 14.5 Å². The summed E-state index contributed by atoms with van der Waals surface area (Å²) >= 11 is -1.24. The molecule has 4 aliphatic rings. The highest BCUT2D eigenvalue weighted by atomic mass is 32.2. The Balaban J connectivity index is 1.38. The fourth-order valence-electron chi connectivity index (χ4n) is 7.75. The molecule has 29 heavy (non-hydrogen) atoms. The number of Topliss-reactive ketones (excluding diaryl/α,β-unsaturated/α-hetero) is 1. The van der Waals surface area contributed by atoms with E-state index in [1.165, 1.54) is 12.8 Å². The topological polar surface area (TPSA) is 60.4 Å². The van der Waals surface area contributed by atoms with Gasteiger partial charge in [-0.2, -0.15) is 0 Å². The predicted molar refractivity (Wildman–Crippen MR) is 115 cm³/mol. The van der Waals surface area contributed by atoms with Gasteiger partial charge in [-0.05, 0) is 105 Å². The number of carbonyl (C=O) groups excluding carboxylic acids is 1. The molecule has 0 bridgehead atoms. The number of fused-ring (bicyclic) bond motifs is 5. The minimum Gasteiger partial charge on any atom is -0.611 e. The smallest absolute Gasteiger partial charge is 0.191 e. The van der Waals surface area contributed by atoms with Crippen molar-refractivity contribution in [2.24, 2.45) is 35.0 Å². The average molecular weight is 415 g/mol. The lowest BCUT2D eigenvalue weighted by atomic mass is 9.50. The molecule has 0 heterocycles. The third-order valence-corrected chi connectivity index (χ3v) is 10.8. The first-order chi connectivity index (χ1) is 13.8. The highest BCUT2D eigenvalue weighted by Crippen LogP contribution is 2.62. The van der Waals surface area contributed by atoms with E-state index < -0.39 is 16.8 Å². The zero-order chi connectivity index (χ0) is 20.4. The summed E-state index contributed by atoms with van der Waals surface area (Å²) < 4.78 is 13.3. The van der Waals surface area contributed by atoms with Crippen LogP contribution >= 0.6 is 0 Å². The fraction of sp³-hybridized carbons (Fsp3) is 0.720. The zero-order valence-corrected chi connectivity index (χ0v) is 18.5. The molecule has 3 nitrogen and oxygen atoms in total. The molecule has 4 heteroatoms. The number of aliphatic hydroxyl groups is 1. The van der Waals surface area contributed by atoms with Gasteiger partial charge in [0.15, 0.2) is 15.9 Å². The monoisotopic (exact) mass is 414 g/mol. The second-order valence-electron chi connectivity index (χ2n) is 10.8. The fourth-order valence-corrected chi connectivity index (χ4v) is 9.35. The van der Waals surface area contributed by atoms with Crippen LogP contribution in [-0.2, 0) is 16.0 Å². The van der Waals surface area contributed by atoms with Crippen molar-refractivity contribution in [3.05, 3.63) is 30.3 Å². The molecule has 2 unspecified atom stereocenters. The summed E-state index contributed by atoms with van der Waals surface area (Å²) in [6.07, 6.45) is 8.26. The standard InChI is InChI=1S/C25H34O3S/c1-24(27)12-10-18-16(15-24)8-9-20-19(18)11-13-25(2)21(20)14-22(23(25)26)29(28)17-6-4-3-5-7-17/h3-7,16,18-22,27H,8-15H2,1-2H3/t16-,18-,19+,20+,21-,22?,24+,25-,29?/m0/s1. The molecule has 0 aliphatic heterocycles. The maximum Gasteiger partial charge on any atom is 0.191 e. The normalized spacial score (nSPS) is 47.8. The molecule has 5 rings (SSSR count). The Hall–Kier alpha value is -0.840. The molecule has 4 fully saturated rings. The van der Waals surface area contributed by atoms with E-state index in [-0.39, 0.29) is 16.4 Å². The third kappa shape index (κ3) is 3.21. The summed E-state index contributed by atoms with van der Waals surface area (Å²) in [6.45, 7) is 4.18. The molecular formula is C25H34O3S. The molecule has 1 aromatic carbocycles. The molecule has 0 amide bonds. The zero-order valence-electron chi connectivity index (χ0n) is 17.7. The molecule has 1 N–H and O–H groups in total. The maximum absolute atomic E-state index is 13.5. The summed E-state index contributed by atoms with van der Waals surface area (Å²) in [7, 11) is 0. The van der Waals surface area contributed by atoms with Gasteiger partial charge in [0, 0.05) is 11.8 Å². The van der Waals surface area contributed by atoms with Crippen LogP contribution in [0.1, 0.15) is 65.2 Å². The van der Waals surface area contributed by atoms with Crippen LogP contribution in [0.2, 0.25) is 0 Å². The van der Waals surface area contributed by atoms with E-state index in [0.29, 0.717) is 29.6 Å². The summed E-state index contributed by atoms with van der Waals surface area (Å²) in [5, 5.41) is 10.2. The molecule has 9 atom stereocenters. The summed E-state index contributed by atoms with van der Waals surface area (Å²) in [6, 6.07) is 9.56. The van der Waals surface area contributed by atoms with E-state index in [0.717, 1.165) is 43.4 Å². The van der Waals surface area contributed by atoms with Crippen LogP contribution in [0.15, 0.2) is 35.2 Å². The van der Waals surface area contributed by atoms with Crippen molar-refractivity contribution in [3.63, 3.8) is 0 Å². The number of hydrogen-bond acceptors (Lipinski definition) is 3. The Labute approximate surface area is 177 Å². The summed E-state index contributed by atoms with van der Waals surface area (Å²) in [5.74, 6) is 3.30. The maximum atomic E-state index is 13.5. The van der Waals surface area contributed by atoms with Crippen molar-refractivity contribution < 1.29 is 14.5 Å². The SMILES string of the molecule is C[C@@]1(O)CC[C@H]2[C@@H](CC[C@@H]3[C@@H]2CC[C@]2(C)C(=O)C([S+]([O-])c4ccccc4)C[C@@H]32)C1. The van der Waals surface area contributed by atoms with Crippen LogP contribution < -0.4 is 0 Å². The second-order valence-corrected chi connectivity index (χ2v) is 12.5. The van der Waals surface area contributed by atoms with E-state index in [4.69, 9.17) is 0 Å². The van der Waals surface area contributed by atoms with Gasteiger partial charge in [-0.15, -0.1) is 0 Å². The van der Waals surface area contributed by atoms with Crippen LogP contribution in [0.3, 0.4) is 0 Å². The summed E-state index contributed by atoms with van der Waals surface area (Å²) in [4.78, 5) is 14.3. The van der Waals surface area contributed by atoms with Crippen LogP contribution in [-0.4, -0.2) is 26.3 Å². The van der Waals surface area contributed by atoms with Gasteiger partial charge in [0.2, 0.25) is 0 Å². The van der Waals surface area contributed by atoms with Crippen molar-refractivity contribution in [2.75, 3.05) is 0 Å². The van der Waals surface area contributed by atoms with E-state index in [1.54, 1.807) is 0 Å². The van der Waals surface area contributed by atoms with Gasteiger partial charge < -0.3 is 9.66 Å². The molecule has 0 radical (unpaired) electrons. The quantitative estimate of drug-likeness (QED) is 0.711. The minimum absolute atomic E-state index is 0.261. The lowest BCUT2D eigenvalue weighted by Gasteiger charge is -2.55. The molecular weight excluding hydrogens is 380 g/mol. The van der Waals surface area contributed by atoms with Gasteiger partial charge in [0.25, 0.3) is 0 Å². The first kappa shape index (κ1) is 20.1. The predicted octanol–water partition coefficient (Wildman–Crippen LogP) is 4.75. The van der Waals surface area contributed by atoms with Crippen molar-refractivity contribution in [3.8, 4) is 0 Å². The highest BCUT2D eigenvalue weighted by Gasteiger charge is 2.62. The number of carbonyl (C=O) groups is 1. The minimum atomic E-state index is -1.24. The number of ketones is 1. The Bertz CT molecular complexity index is 778. The van der Waals surface area contributed by atoms with Crippen LogP contribution in [0, 0.1) is 35.0 Å². The first-order valence-corrected chi connectivity index (χ1v) is 12.7. The van der Waals surface area contributed by atoms with E-state index in [2.05, 4.69) is 6.92 Å². The Morgan fingerprint density at radius 2 is 1.72 bits per heavy atom. The lowest BCUT2D eigenvalue weighted by Crippen LogP contribution is -2.50. The van der Waals surface area contributed by atoms with Crippen molar-refractivity contribution in [2.45, 2.75) is 81.0 Å². The largest absolute Gasteiger partial charge is 0.611 e. The van der Waals surface area contributed by atoms with Gasteiger partial charge in [-0.25, -0.2) is 0 Å². The van der Waals surface area contributed by atoms with Crippen molar-refractivity contribution in [1.29, 1.82) is 0 Å². The van der Waals surface area contributed by atoms with Gasteiger partial charge >= 0.3 is 0 Å². The van der Waals surface area contributed by atoms with Gasteiger partial charge in [-0.3, -0.25) is 4.79 Å². The third-order valence-electron chi connectivity index (χ3n) is 9.18. The number of hydrogen-bond donors (Lipinski definition) is 1. The highest BCUT2D eigenvalue weighted by molar-refractivity contribution is 7.92. The Morgan fingerprint density at radius 1 is 1.00 bits per heavy atom. The molecule has 1 aromatic rings. The summed E-state index contributed by atoms with van der Waals surface area (Å²) in [5.41, 5.74) is -0.776. The van der Waals surface area contributed by atoms with E-state index in [1.807, 2.05) is 37.3 Å². The lowest BCUT2D eigenvalue weighted by molar-refractivity contribution is -0.134. The van der Waals surface area contributed by atoms with Gasteiger partial charge in [-0.1, -0.05) is 25.1 Å². The van der Waals surface area contributed by atoms with Gasteiger partial charge in [0.05, 0.1) is 5.60 Å². The van der Waals surface area contributed by atoms with Crippen LogP contribution in [0.5, 0.6) is 0 Å². The van der Waals surface area contributed by atoms with Crippen molar-refractivity contribution in [1.82, 2.24) is 0 Å². The Kier molecular flexibility index (Phi) is 4.92. The molecule has 0 spiro atoms. The number of benzene rings is 1. The van der Waals surface area contributed by atoms with Crippen molar-refractivity contribution >= 4 is 17.0 Å². The molecule has 0 saturated heterocycles. The first-order valence-electron chi connectivity index (χ1n) is 11.5.